The summed E-state index contributed by atoms with van der Waals surface area (Å²) in [6.45, 7) is 7.71. The van der Waals surface area contributed by atoms with E-state index in [9.17, 15) is 4.79 Å². The van der Waals surface area contributed by atoms with E-state index in [1.54, 1.807) is 14.2 Å². The predicted molar refractivity (Wildman–Crippen MR) is 78.4 cm³/mol. The van der Waals surface area contributed by atoms with E-state index in [1.807, 2.05) is 45.9 Å². The first kappa shape index (κ1) is 16.3. The molecule has 4 heteroatoms. The van der Waals surface area contributed by atoms with E-state index in [0.717, 1.165) is 5.56 Å². The van der Waals surface area contributed by atoms with Gasteiger partial charge in [0.05, 0.1) is 26.2 Å². The van der Waals surface area contributed by atoms with Gasteiger partial charge in [0.15, 0.2) is 11.5 Å². The van der Waals surface area contributed by atoms with Crippen LogP contribution < -0.4 is 9.47 Å². The lowest BCUT2D eigenvalue weighted by Gasteiger charge is -2.22. The highest BCUT2D eigenvalue weighted by molar-refractivity contribution is 5.79. The lowest BCUT2D eigenvalue weighted by atomic mass is 9.88. The van der Waals surface area contributed by atoms with Crippen LogP contribution in [0.2, 0.25) is 0 Å². The first-order valence-electron chi connectivity index (χ1n) is 6.83. The van der Waals surface area contributed by atoms with E-state index in [4.69, 9.17) is 14.2 Å². The number of rotatable bonds is 6. The van der Waals surface area contributed by atoms with E-state index in [1.165, 1.54) is 0 Å². The second-order valence-corrected chi connectivity index (χ2v) is 5.32. The minimum atomic E-state index is -0.308. The van der Waals surface area contributed by atoms with Crippen molar-refractivity contribution in [2.24, 2.45) is 5.92 Å². The second-order valence-electron chi connectivity index (χ2n) is 5.32. The number of carbonyl (C=O) groups excluding carboxylic acids is 1. The van der Waals surface area contributed by atoms with Crippen molar-refractivity contribution in [3.05, 3.63) is 23.8 Å². The molecule has 0 saturated carbocycles. The molecule has 0 aromatic heterocycles. The van der Waals surface area contributed by atoms with Crippen molar-refractivity contribution in [1.82, 2.24) is 0 Å². The van der Waals surface area contributed by atoms with Crippen LogP contribution >= 0.6 is 0 Å². The van der Waals surface area contributed by atoms with Crippen LogP contribution in [0, 0.1) is 5.92 Å². The van der Waals surface area contributed by atoms with Gasteiger partial charge in [0.25, 0.3) is 0 Å². The minimum Gasteiger partial charge on any atom is -0.493 e. The van der Waals surface area contributed by atoms with Crippen molar-refractivity contribution in [2.45, 2.75) is 39.7 Å². The van der Waals surface area contributed by atoms with Gasteiger partial charge in [0.1, 0.15) is 0 Å². The Kier molecular flexibility index (Phi) is 5.86. The zero-order valence-corrected chi connectivity index (χ0v) is 13.1. The molecule has 0 amide bonds. The summed E-state index contributed by atoms with van der Waals surface area (Å²) >= 11 is 0. The Labute approximate surface area is 121 Å². The maximum Gasteiger partial charge on any atom is 0.313 e. The van der Waals surface area contributed by atoms with Gasteiger partial charge < -0.3 is 14.2 Å². The molecular formula is C16H24O4. The fourth-order valence-electron chi connectivity index (χ4n) is 2.15. The van der Waals surface area contributed by atoms with Crippen molar-refractivity contribution in [1.29, 1.82) is 0 Å². The third-order valence-electron chi connectivity index (χ3n) is 3.04. The highest BCUT2D eigenvalue weighted by atomic mass is 16.5. The molecule has 0 saturated heterocycles. The maximum atomic E-state index is 12.3. The van der Waals surface area contributed by atoms with Crippen LogP contribution in [0.1, 0.15) is 39.2 Å². The second kappa shape index (κ2) is 7.17. The number of ether oxygens (including phenoxy) is 3. The molecule has 4 nitrogen and oxygen atoms in total. The molecule has 0 radical (unpaired) electrons. The molecule has 112 valence electrons. The maximum absolute atomic E-state index is 12.3. The summed E-state index contributed by atoms with van der Waals surface area (Å²) in [7, 11) is 3.17. The van der Waals surface area contributed by atoms with Gasteiger partial charge in [-0.3, -0.25) is 4.79 Å². The zero-order valence-electron chi connectivity index (χ0n) is 13.1. The van der Waals surface area contributed by atoms with Crippen LogP contribution in [0.4, 0.5) is 0 Å². The van der Waals surface area contributed by atoms with Gasteiger partial charge in [0, 0.05) is 0 Å². The van der Waals surface area contributed by atoms with E-state index >= 15 is 0 Å². The molecule has 0 fully saturated rings. The first-order chi connectivity index (χ1) is 9.40. The molecule has 1 atom stereocenters. The Morgan fingerprint density at radius 3 is 2.05 bits per heavy atom. The molecule has 1 aromatic carbocycles. The molecule has 0 bridgehead atoms. The number of carbonyl (C=O) groups is 1. The first-order valence-corrected chi connectivity index (χ1v) is 6.83. The molecule has 0 N–H and O–H groups in total. The number of esters is 1. The van der Waals surface area contributed by atoms with Crippen LogP contribution in [0.25, 0.3) is 0 Å². The van der Waals surface area contributed by atoms with E-state index in [-0.39, 0.29) is 23.9 Å². The molecule has 0 aliphatic heterocycles. The van der Waals surface area contributed by atoms with Crippen LogP contribution in [-0.4, -0.2) is 26.3 Å². The van der Waals surface area contributed by atoms with Crippen molar-refractivity contribution in [3.63, 3.8) is 0 Å². The molecule has 1 rings (SSSR count). The molecule has 0 aliphatic rings. The quantitative estimate of drug-likeness (QED) is 0.749. The van der Waals surface area contributed by atoms with Crippen molar-refractivity contribution < 1.29 is 19.0 Å². The summed E-state index contributed by atoms with van der Waals surface area (Å²) in [4.78, 5) is 12.3. The summed E-state index contributed by atoms with van der Waals surface area (Å²) in [6.07, 6.45) is -0.121. The monoisotopic (exact) mass is 280 g/mol. The van der Waals surface area contributed by atoms with Crippen molar-refractivity contribution in [3.8, 4) is 11.5 Å². The van der Waals surface area contributed by atoms with Gasteiger partial charge in [-0.15, -0.1) is 0 Å². The van der Waals surface area contributed by atoms with Gasteiger partial charge in [-0.05, 0) is 37.5 Å². The number of benzene rings is 1. The molecule has 0 heterocycles. The average molecular weight is 280 g/mol. The van der Waals surface area contributed by atoms with Crippen LogP contribution in [-0.2, 0) is 9.53 Å². The topological polar surface area (TPSA) is 44.8 Å². The van der Waals surface area contributed by atoms with Crippen molar-refractivity contribution in [2.75, 3.05) is 14.2 Å². The Morgan fingerprint density at radius 1 is 1.00 bits per heavy atom. The predicted octanol–water partition coefficient (Wildman–Crippen LogP) is 3.40. The lowest BCUT2D eigenvalue weighted by molar-refractivity contribution is -0.150. The van der Waals surface area contributed by atoms with Gasteiger partial charge in [-0.1, -0.05) is 19.9 Å². The molecule has 20 heavy (non-hydrogen) atoms. The van der Waals surface area contributed by atoms with Crippen LogP contribution in [0.5, 0.6) is 11.5 Å². The van der Waals surface area contributed by atoms with Crippen molar-refractivity contribution >= 4 is 5.97 Å². The normalized spacial score (nSPS) is 12.4. The Bertz CT molecular complexity index is 452. The Balaban J connectivity index is 3.12. The highest BCUT2D eigenvalue weighted by Gasteiger charge is 2.27. The van der Waals surface area contributed by atoms with E-state index < -0.39 is 0 Å². The highest BCUT2D eigenvalue weighted by Crippen LogP contribution is 2.34. The lowest BCUT2D eigenvalue weighted by Crippen LogP contribution is -2.23. The van der Waals surface area contributed by atoms with Gasteiger partial charge >= 0.3 is 5.97 Å². The smallest absolute Gasteiger partial charge is 0.313 e. The zero-order chi connectivity index (χ0) is 15.3. The van der Waals surface area contributed by atoms with Gasteiger partial charge in [0.2, 0.25) is 0 Å². The summed E-state index contributed by atoms with van der Waals surface area (Å²) in [5, 5.41) is 0. The molecular weight excluding hydrogens is 256 g/mol. The molecule has 1 aromatic rings. The minimum absolute atomic E-state index is 0.121. The van der Waals surface area contributed by atoms with E-state index in [2.05, 4.69) is 0 Å². The summed E-state index contributed by atoms with van der Waals surface area (Å²) in [5.41, 5.74) is 0.878. The third-order valence-corrected chi connectivity index (χ3v) is 3.04. The largest absolute Gasteiger partial charge is 0.493 e. The molecule has 0 aliphatic carbocycles. The Morgan fingerprint density at radius 2 is 1.60 bits per heavy atom. The average Bonchev–Trinajstić information content (AvgIpc) is 2.37. The fraction of sp³-hybridized carbons (Fsp3) is 0.562. The standard InChI is InChI=1S/C16H24O4/c1-10(2)15(16(17)20-11(3)4)12-7-8-13(18-5)14(9-12)19-6/h7-11,15H,1-6H3/t15-/m0/s1. The number of hydrogen-bond acceptors (Lipinski definition) is 4. The molecule has 0 unspecified atom stereocenters. The van der Waals surface area contributed by atoms with Crippen LogP contribution in [0.15, 0.2) is 18.2 Å². The van der Waals surface area contributed by atoms with Gasteiger partial charge in [-0.25, -0.2) is 0 Å². The fourth-order valence-corrected chi connectivity index (χ4v) is 2.15. The van der Waals surface area contributed by atoms with E-state index in [0.29, 0.717) is 11.5 Å². The summed E-state index contributed by atoms with van der Waals surface area (Å²) in [5.74, 6) is 0.891. The van der Waals surface area contributed by atoms with Crippen LogP contribution in [0.3, 0.4) is 0 Å². The summed E-state index contributed by atoms with van der Waals surface area (Å²) < 4.78 is 15.9. The molecule has 0 spiro atoms. The third kappa shape index (κ3) is 3.89. The Hall–Kier alpha value is -1.71. The summed E-state index contributed by atoms with van der Waals surface area (Å²) in [6, 6.07) is 5.53. The number of methoxy groups -OCH3 is 2. The number of hydrogen-bond donors (Lipinski definition) is 0. The SMILES string of the molecule is COc1ccc([C@@H](C(=O)OC(C)C)C(C)C)cc1OC. The van der Waals surface area contributed by atoms with Gasteiger partial charge in [-0.2, -0.15) is 0 Å².